The minimum absolute atomic E-state index is 0.0899. The van der Waals surface area contributed by atoms with Crippen molar-refractivity contribution in [3.05, 3.63) is 0 Å². The van der Waals surface area contributed by atoms with E-state index in [1.165, 1.54) is 0 Å². The van der Waals surface area contributed by atoms with E-state index in [0.29, 0.717) is 19.0 Å². The number of carboxylic acid groups (broad SMARTS) is 1. The highest BCUT2D eigenvalue weighted by Crippen LogP contribution is 2.07. The molecule has 2 amide bonds. The van der Waals surface area contributed by atoms with E-state index in [2.05, 4.69) is 36.4 Å². The van der Waals surface area contributed by atoms with Crippen molar-refractivity contribution in [2.45, 2.75) is 59.0 Å². The van der Waals surface area contributed by atoms with Gasteiger partial charge in [-0.2, -0.15) is 0 Å². The molecule has 6 heteroatoms. The summed E-state index contributed by atoms with van der Waals surface area (Å²) in [5, 5.41) is 14.3. The van der Waals surface area contributed by atoms with Gasteiger partial charge in [0, 0.05) is 12.6 Å². The number of nitrogens with one attached hydrogen (secondary N) is 2. The lowest BCUT2D eigenvalue weighted by Gasteiger charge is -2.21. The molecule has 6 nitrogen and oxygen atoms in total. The van der Waals surface area contributed by atoms with Gasteiger partial charge in [0.25, 0.3) is 0 Å². The average Bonchev–Trinajstić information content (AvgIpc) is 2.42. The molecule has 0 saturated carbocycles. The predicted octanol–water partition coefficient (Wildman–Crippen LogP) is 1.91. The van der Waals surface area contributed by atoms with Crippen LogP contribution >= 0.6 is 0 Å². The van der Waals surface area contributed by atoms with Crippen LogP contribution in [-0.2, 0) is 4.79 Å². The molecule has 0 rings (SSSR count). The zero-order valence-electron chi connectivity index (χ0n) is 14.0. The van der Waals surface area contributed by atoms with E-state index in [4.69, 9.17) is 5.11 Å². The zero-order chi connectivity index (χ0) is 16.4. The van der Waals surface area contributed by atoms with Gasteiger partial charge in [-0.1, -0.05) is 20.3 Å². The molecule has 0 aliphatic carbocycles. The fourth-order valence-electron chi connectivity index (χ4n) is 1.82. The van der Waals surface area contributed by atoms with Gasteiger partial charge in [0.2, 0.25) is 0 Å². The maximum absolute atomic E-state index is 11.7. The van der Waals surface area contributed by atoms with Gasteiger partial charge in [0.15, 0.2) is 0 Å². The first kappa shape index (κ1) is 19.7. The van der Waals surface area contributed by atoms with Crippen LogP contribution in [-0.4, -0.2) is 54.2 Å². The lowest BCUT2D eigenvalue weighted by Crippen LogP contribution is -2.49. The number of carboxylic acids is 1. The molecular formula is C15H31N3O3. The number of nitrogens with zero attached hydrogens (tertiary/aromatic N) is 1. The van der Waals surface area contributed by atoms with E-state index in [0.717, 1.165) is 19.4 Å². The van der Waals surface area contributed by atoms with E-state index in [1.54, 1.807) is 0 Å². The molecule has 3 N–H and O–H groups in total. The summed E-state index contributed by atoms with van der Waals surface area (Å²) in [7, 11) is 2.08. The van der Waals surface area contributed by atoms with E-state index < -0.39 is 18.0 Å². The third-order valence-corrected chi connectivity index (χ3v) is 3.87. The maximum Gasteiger partial charge on any atom is 0.326 e. The number of carbonyl (C=O) groups excluding carboxylic acids is 1. The van der Waals surface area contributed by atoms with Crippen LogP contribution in [0.5, 0.6) is 0 Å². The Morgan fingerprint density at radius 2 is 1.81 bits per heavy atom. The topological polar surface area (TPSA) is 81.7 Å². The Morgan fingerprint density at radius 1 is 1.19 bits per heavy atom. The fourth-order valence-corrected chi connectivity index (χ4v) is 1.82. The number of amides is 2. The van der Waals surface area contributed by atoms with Crippen LogP contribution in [0.25, 0.3) is 0 Å². The Bertz CT molecular complexity index is 321. The lowest BCUT2D eigenvalue weighted by atomic mass is 9.99. The van der Waals surface area contributed by atoms with Gasteiger partial charge in [-0.3, -0.25) is 0 Å². The second-order valence-corrected chi connectivity index (χ2v) is 5.88. The summed E-state index contributed by atoms with van der Waals surface area (Å²) in [6.45, 7) is 9.57. The van der Waals surface area contributed by atoms with Gasteiger partial charge < -0.3 is 20.6 Å². The van der Waals surface area contributed by atoms with Crippen LogP contribution in [0.1, 0.15) is 47.0 Å². The molecule has 21 heavy (non-hydrogen) atoms. The lowest BCUT2D eigenvalue weighted by molar-refractivity contribution is -0.140. The molecular weight excluding hydrogens is 270 g/mol. The third kappa shape index (κ3) is 8.55. The van der Waals surface area contributed by atoms with Crippen molar-refractivity contribution in [3.63, 3.8) is 0 Å². The van der Waals surface area contributed by atoms with E-state index >= 15 is 0 Å². The fraction of sp³-hybridized carbons (Fsp3) is 0.867. The van der Waals surface area contributed by atoms with Gasteiger partial charge in [-0.05, 0) is 46.2 Å². The summed E-state index contributed by atoms with van der Waals surface area (Å²) in [5.74, 6) is -1.08. The number of aliphatic carboxylic acids is 1. The molecule has 0 fully saturated rings. The van der Waals surface area contributed by atoms with Gasteiger partial charge in [0.05, 0.1) is 0 Å². The molecule has 0 aromatic rings. The van der Waals surface area contributed by atoms with Crippen LogP contribution in [0.2, 0.25) is 0 Å². The number of hydrogen-bond acceptors (Lipinski definition) is 3. The standard InChI is InChI=1S/C15H31N3O3/c1-6-12(4)13(14(19)20)17-15(21)16-9-7-8-10-18(5)11(2)3/h11-13H,6-10H2,1-5H3,(H,19,20)(H2,16,17,21). The largest absolute Gasteiger partial charge is 0.480 e. The molecule has 124 valence electrons. The minimum Gasteiger partial charge on any atom is -0.480 e. The predicted molar refractivity (Wildman–Crippen MR) is 84.4 cm³/mol. The molecule has 0 bridgehead atoms. The van der Waals surface area contributed by atoms with Crippen LogP contribution in [0.3, 0.4) is 0 Å². The normalized spacial score (nSPS) is 14.0. The first-order valence-corrected chi connectivity index (χ1v) is 7.77. The molecule has 0 aromatic heterocycles. The summed E-state index contributed by atoms with van der Waals surface area (Å²) in [6, 6.07) is -0.713. The van der Waals surface area contributed by atoms with Crippen LogP contribution in [0, 0.1) is 5.92 Å². The number of rotatable bonds is 10. The monoisotopic (exact) mass is 301 g/mol. The second-order valence-electron chi connectivity index (χ2n) is 5.88. The Kier molecular flexibility index (Phi) is 9.78. The van der Waals surface area contributed by atoms with Gasteiger partial charge in [-0.25, -0.2) is 9.59 Å². The molecule has 0 aliphatic rings. The highest BCUT2D eigenvalue weighted by Gasteiger charge is 2.24. The molecule has 0 spiro atoms. The number of carbonyl (C=O) groups is 2. The molecule has 0 heterocycles. The molecule has 0 aliphatic heterocycles. The van der Waals surface area contributed by atoms with E-state index in [1.807, 2.05) is 13.8 Å². The van der Waals surface area contributed by atoms with Crippen molar-refractivity contribution in [3.8, 4) is 0 Å². The Balaban J connectivity index is 3.91. The van der Waals surface area contributed by atoms with Gasteiger partial charge >= 0.3 is 12.0 Å². The van der Waals surface area contributed by atoms with Crippen molar-refractivity contribution in [1.29, 1.82) is 0 Å². The summed E-state index contributed by atoms with van der Waals surface area (Å²) < 4.78 is 0. The van der Waals surface area contributed by atoms with Crippen molar-refractivity contribution >= 4 is 12.0 Å². The maximum atomic E-state index is 11.7. The molecule has 0 saturated heterocycles. The summed E-state index contributed by atoms with van der Waals surface area (Å²) in [6.07, 6.45) is 2.59. The molecule has 0 radical (unpaired) electrons. The molecule has 0 aromatic carbocycles. The van der Waals surface area contributed by atoms with Crippen molar-refractivity contribution in [2.75, 3.05) is 20.1 Å². The zero-order valence-corrected chi connectivity index (χ0v) is 14.0. The highest BCUT2D eigenvalue weighted by atomic mass is 16.4. The average molecular weight is 301 g/mol. The van der Waals surface area contributed by atoms with E-state index in [-0.39, 0.29) is 5.92 Å². The Hall–Kier alpha value is -1.30. The molecule has 2 unspecified atom stereocenters. The first-order valence-electron chi connectivity index (χ1n) is 7.77. The van der Waals surface area contributed by atoms with E-state index in [9.17, 15) is 9.59 Å². The van der Waals surface area contributed by atoms with Crippen LogP contribution in [0.4, 0.5) is 4.79 Å². The molecule has 2 atom stereocenters. The smallest absolute Gasteiger partial charge is 0.326 e. The van der Waals surface area contributed by atoms with Crippen LogP contribution < -0.4 is 10.6 Å². The highest BCUT2D eigenvalue weighted by molar-refractivity contribution is 5.82. The van der Waals surface area contributed by atoms with Gasteiger partial charge in [-0.15, -0.1) is 0 Å². The number of urea groups is 1. The van der Waals surface area contributed by atoms with Crippen molar-refractivity contribution in [2.24, 2.45) is 5.92 Å². The Labute approximate surface area is 128 Å². The summed E-state index contributed by atoms with van der Waals surface area (Å²) in [5.41, 5.74) is 0. The first-order chi connectivity index (χ1) is 9.79. The van der Waals surface area contributed by atoms with Crippen molar-refractivity contribution < 1.29 is 14.7 Å². The number of hydrogen-bond donors (Lipinski definition) is 3. The second kappa shape index (κ2) is 10.4. The number of unbranched alkanes of at least 4 members (excludes halogenated alkanes) is 1. The third-order valence-electron chi connectivity index (χ3n) is 3.87. The van der Waals surface area contributed by atoms with Crippen LogP contribution in [0.15, 0.2) is 0 Å². The van der Waals surface area contributed by atoms with Gasteiger partial charge in [0.1, 0.15) is 6.04 Å². The summed E-state index contributed by atoms with van der Waals surface area (Å²) in [4.78, 5) is 25.0. The summed E-state index contributed by atoms with van der Waals surface area (Å²) >= 11 is 0. The quantitative estimate of drug-likeness (QED) is 0.538. The van der Waals surface area contributed by atoms with Crippen molar-refractivity contribution in [1.82, 2.24) is 15.5 Å². The SMILES string of the molecule is CCC(C)C(NC(=O)NCCCCN(C)C(C)C)C(=O)O. The Morgan fingerprint density at radius 3 is 2.29 bits per heavy atom. The minimum atomic E-state index is -0.988.